The Morgan fingerprint density at radius 2 is 1.68 bits per heavy atom. The molecule has 1 saturated heterocycles. The number of phosphoric ester groups is 1. The van der Waals surface area contributed by atoms with Crippen LogP contribution in [0.4, 0.5) is 5.82 Å². The minimum atomic E-state index is -4.66. The van der Waals surface area contributed by atoms with E-state index < -0.39 is 51.5 Å². The summed E-state index contributed by atoms with van der Waals surface area (Å²) in [6, 6.07) is 0. The zero-order valence-electron chi connectivity index (χ0n) is 25.8. The van der Waals surface area contributed by atoms with Gasteiger partial charge in [0.25, 0.3) is 0 Å². The number of anilines is 1. The lowest BCUT2D eigenvalue weighted by Gasteiger charge is -2.20. The van der Waals surface area contributed by atoms with Crippen molar-refractivity contribution < 1.29 is 43.0 Å². The molecule has 0 bridgehead atoms. The van der Waals surface area contributed by atoms with Crippen molar-refractivity contribution >= 4 is 30.8 Å². The van der Waals surface area contributed by atoms with Crippen LogP contribution in [0.1, 0.15) is 109 Å². The smallest absolute Gasteiger partial charge is 0.463 e. The van der Waals surface area contributed by atoms with Gasteiger partial charge >= 0.3 is 13.8 Å². The Balaban J connectivity index is 1.26. The van der Waals surface area contributed by atoms with Gasteiger partial charge in [-0.2, -0.15) is 0 Å². The number of unbranched alkanes of at least 4 members (excludes halogenated alkanes) is 12. The maximum absolute atomic E-state index is 12.6. The average molecular weight is 644 g/mol. The van der Waals surface area contributed by atoms with Gasteiger partial charge in [0.15, 0.2) is 11.5 Å². The summed E-state index contributed by atoms with van der Waals surface area (Å²) in [6.07, 6.45) is 14.8. The number of carbonyl (C=O) groups is 1. The van der Waals surface area contributed by atoms with E-state index >= 15 is 0 Å². The van der Waals surface area contributed by atoms with E-state index in [2.05, 4.69) is 21.9 Å². The first-order chi connectivity index (χ1) is 21.2. The highest BCUT2D eigenvalue weighted by molar-refractivity contribution is 7.47. The van der Waals surface area contributed by atoms with Crippen LogP contribution < -0.4 is 5.73 Å². The van der Waals surface area contributed by atoms with Gasteiger partial charge in [-0.25, -0.2) is 19.5 Å². The van der Waals surface area contributed by atoms with Crippen LogP contribution in [0.5, 0.6) is 0 Å². The van der Waals surface area contributed by atoms with Gasteiger partial charge in [-0.3, -0.25) is 18.4 Å². The van der Waals surface area contributed by atoms with Gasteiger partial charge in [-0.1, -0.05) is 84.0 Å². The Hall–Kier alpha value is -2.19. The Kier molecular flexibility index (Phi) is 16.0. The highest BCUT2D eigenvalue weighted by Crippen LogP contribution is 2.48. The van der Waals surface area contributed by atoms with Crippen molar-refractivity contribution in [2.24, 2.45) is 0 Å². The number of aliphatic hydroxyl groups excluding tert-OH is 2. The zero-order chi connectivity index (χ0) is 31.8. The van der Waals surface area contributed by atoms with Gasteiger partial charge in [0.1, 0.15) is 43.0 Å². The molecule has 5 atom stereocenters. The molecule has 0 radical (unpaired) electrons. The molecular formula is C29H50N5O9P. The molecule has 0 saturated carbocycles. The predicted molar refractivity (Wildman–Crippen MR) is 163 cm³/mol. The third kappa shape index (κ3) is 12.3. The minimum Gasteiger partial charge on any atom is -0.463 e. The standard InChI is InChI=1S/C29H50N5O9P/c1-2-3-4-5-6-7-8-9-10-11-12-13-14-15-26(37)40-18-22(36)19-41-44(38,39)43-23-16-25(42-24(23)17-35)34-21-33-27-28(30)31-20-32-29(27)34/h20-25,35-36H,2-19H2,1H3,(H,38,39)(H2,30,31,32)/t22-,23+,24-,25-/m1/s1. The summed E-state index contributed by atoms with van der Waals surface area (Å²) in [5.41, 5.74) is 6.60. The van der Waals surface area contributed by atoms with Crippen LogP contribution in [0.3, 0.4) is 0 Å². The van der Waals surface area contributed by atoms with Crippen LogP contribution in [-0.4, -0.2) is 78.7 Å². The normalized spacial score (nSPS) is 20.6. The van der Waals surface area contributed by atoms with Gasteiger partial charge in [0, 0.05) is 12.8 Å². The molecule has 1 aliphatic heterocycles. The lowest BCUT2D eigenvalue weighted by atomic mass is 10.0. The first-order valence-electron chi connectivity index (χ1n) is 15.9. The van der Waals surface area contributed by atoms with Crippen LogP contribution in [0.25, 0.3) is 11.2 Å². The summed E-state index contributed by atoms with van der Waals surface area (Å²) < 4.78 is 35.2. The number of nitrogens with zero attached hydrogens (tertiary/aromatic N) is 4. The molecule has 1 fully saturated rings. The van der Waals surface area contributed by atoms with Crippen molar-refractivity contribution in [2.45, 2.75) is 128 Å². The Morgan fingerprint density at radius 1 is 1.05 bits per heavy atom. The first-order valence-corrected chi connectivity index (χ1v) is 17.4. The lowest BCUT2D eigenvalue weighted by Crippen LogP contribution is -2.28. The highest BCUT2D eigenvalue weighted by Gasteiger charge is 2.42. The minimum absolute atomic E-state index is 0.0772. The van der Waals surface area contributed by atoms with Crippen LogP contribution >= 0.6 is 7.82 Å². The lowest BCUT2D eigenvalue weighted by molar-refractivity contribution is -0.147. The number of phosphoric acid groups is 1. The summed E-state index contributed by atoms with van der Waals surface area (Å²) in [4.78, 5) is 34.5. The first kappa shape index (κ1) is 36.3. The molecule has 3 rings (SSSR count). The van der Waals surface area contributed by atoms with E-state index in [0.29, 0.717) is 17.6 Å². The second kappa shape index (κ2) is 19.4. The molecule has 1 unspecified atom stereocenters. The Labute approximate surface area is 259 Å². The Bertz CT molecular complexity index is 1170. The average Bonchev–Trinajstić information content (AvgIpc) is 3.61. The number of imidazole rings is 1. The molecule has 44 heavy (non-hydrogen) atoms. The summed E-state index contributed by atoms with van der Waals surface area (Å²) >= 11 is 0. The predicted octanol–water partition coefficient (Wildman–Crippen LogP) is 4.58. The molecule has 5 N–H and O–H groups in total. The molecule has 3 heterocycles. The highest BCUT2D eigenvalue weighted by atomic mass is 31.2. The van der Waals surface area contributed by atoms with Crippen LogP contribution in [0.15, 0.2) is 12.7 Å². The third-order valence-corrected chi connectivity index (χ3v) is 8.69. The third-order valence-electron chi connectivity index (χ3n) is 7.68. The summed E-state index contributed by atoms with van der Waals surface area (Å²) in [5, 5.41) is 19.8. The van der Waals surface area contributed by atoms with Gasteiger partial charge in [0.05, 0.1) is 19.5 Å². The number of fused-ring (bicyclic) bond motifs is 1. The van der Waals surface area contributed by atoms with E-state index in [1.54, 1.807) is 4.57 Å². The number of nitrogens with two attached hydrogens (primary N) is 1. The fourth-order valence-electron chi connectivity index (χ4n) is 5.21. The number of esters is 1. The monoisotopic (exact) mass is 643 g/mol. The molecule has 0 spiro atoms. The fourth-order valence-corrected chi connectivity index (χ4v) is 6.19. The van der Waals surface area contributed by atoms with Gasteiger partial charge in [0.2, 0.25) is 0 Å². The van der Waals surface area contributed by atoms with E-state index in [9.17, 15) is 24.5 Å². The molecule has 2 aromatic heterocycles. The van der Waals surface area contributed by atoms with Crippen molar-refractivity contribution in [2.75, 3.05) is 25.6 Å². The maximum atomic E-state index is 12.6. The zero-order valence-corrected chi connectivity index (χ0v) is 26.7. The van der Waals surface area contributed by atoms with Gasteiger partial charge in [-0.15, -0.1) is 0 Å². The summed E-state index contributed by atoms with van der Waals surface area (Å²) in [6.45, 7) is 0.787. The molecule has 2 aromatic rings. The van der Waals surface area contributed by atoms with Crippen molar-refractivity contribution in [3.8, 4) is 0 Å². The van der Waals surface area contributed by atoms with Gasteiger partial charge < -0.3 is 30.3 Å². The molecule has 0 aromatic carbocycles. The number of ether oxygens (including phenoxy) is 2. The summed E-state index contributed by atoms with van der Waals surface area (Å²) in [5.74, 6) is -0.245. The molecule has 15 heteroatoms. The number of rotatable bonds is 23. The number of hydrogen-bond donors (Lipinski definition) is 4. The number of nitrogen functional groups attached to an aromatic ring is 1. The van der Waals surface area contributed by atoms with Gasteiger partial charge in [-0.05, 0) is 6.42 Å². The van der Waals surface area contributed by atoms with E-state index in [1.165, 1.54) is 76.9 Å². The number of aromatic nitrogens is 4. The fraction of sp³-hybridized carbons (Fsp3) is 0.793. The van der Waals surface area contributed by atoms with E-state index in [-0.39, 0.29) is 25.3 Å². The summed E-state index contributed by atoms with van der Waals surface area (Å²) in [7, 11) is -4.66. The number of aliphatic hydroxyl groups is 2. The molecule has 0 aliphatic carbocycles. The molecule has 14 nitrogen and oxygen atoms in total. The van der Waals surface area contributed by atoms with Crippen LogP contribution in [0.2, 0.25) is 0 Å². The molecule has 250 valence electrons. The molecular weight excluding hydrogens is 593 g/mol. The second-order valence-corrected chi connectivity index (χ2v) is 12.8. The second-order valence-electron chi connectivity index (χ2n) is 11.4. The quantitative estimate of drug-likeness (QED) is 0.0745. The maximum Gasteiger partial charge on any atom is 0.472 e. The Morgan fingerprint density at radius 3 is 2.32 bits per heavy atom. The van der Waals surface area contributed by atoms with Crippen molar-refractivity contribution in [1.82, 2.24) is 19.5 Å². The molecule has 0 amide bonds. The SMILES string of the molecule is CCCCCCCCCCCCCCCC(=O)OC[C@@H](O)COP(=O)(O)O[C@H]1C[C@H](n2cnc3c(N)ncnc32)O[C@@H]1CO. The van der Waals surface area contributed by atoms with Crippen LogP contribution in [0, 0.1) is 0 Å². The number of carbonyl (C=O) groups excluding carboxylic acids is 1. The molecule has 1 aliphatic rings. The van der Waals surface area contributed by atoms with E-state index in [1.807, 2.05) is 0 Å². The van der Waals surface area contributed by atoms with E-state index in [4.69, 9.17) is 24.3 Å². The van der Waals surface area contributed by atoms with Crippen molar-refractivity contribution in [3.63, 3.8) is 0 Å². The van der Waals surface area contributed by atoms with Crippen LogP contribution in [-0.2, 0) is 27.9 Å². The topological polar surface area (TPSA) is 201 Å². The van der Waals surface area contributed by atoms with Crippen molar-refractivity contribution in [1.29, 1.82) is 0 Å². The van der Waals surface area contributed by atoms with E-state index in [0.717, 1.165) is 12.8 Å². The van der Waals surface area contributed by atoms with Crippen molar-refractivity contribution in [3.05, 3.63) is 12.7 Å². The largest absolute Gasteiger partial charge is 0.472 e. The number of hydrogen-bond acceptors (Lipinski definition) is 12.